The highest BCUT2D eigenvalue weighted by Crippen LogP contribution is 2.35. The lowest BCUT2D eigenvalue weighted by molar-refractivity contribution is 0.0277. The fourth-order valence-electron chi connectivity index (χ4n) is 2.61. The van der Waals surface area contributed by atoms with Crippen molar-refractivity contribution in [3.63, 3.8) is 0 Å². The van der Waals surface area contributed by atoms with Gasteiger partial charge in [-0.15, -0.1) is 0 Å². The number of halogens is 1. The van der Waals surface area contributed by atoms with Crippen molar-refractivity contribution in [2.24, 2.45) is 0 Å². The SMILES string of the molecule is CC(C)(C)OC(=O)N1CCC(CO)(c2ccc(Br)cc2)C1. The van der Waals surface area contributed by atoms with Gasteiger partial charge in [-0.25, -0.2) is 4.79 Å². The molecule has 1 amide bonds. The molecular formula is C16H22BrNO3. The van der Waals surface area contributed by atoms with Crippen molar-refractivity contribution >= 4 is 22.0 Å². The molecule has 1 atom stereocenters. The van der Waals surface area contributed by atoms with E-state index in [0.29, 0.717) is 13.1 Å². The Hall–Kier alpha value is -1.07. The van der Waals surface area contributed by atoms with E-state index in [9.17, 15) is 9.90 Å². The second kappa shape index (κ2) is 5.97. The normalized spacial score (nSPS) is 22.4. The summed E-state index contributed by atoms with van der Waals surface area (Å²) < 4.78 is 6.41. The van der Waals surface area contributed by atoms with Gasteiger partial charge in [0.1, 0.15) is 5.60 Å². The molecule has 1 aliphatic heterocycles. The summed E-state index contributed by atoms with van der Waals surface area (Å²) in [6.07, 6.45) is 0.430. The zero-order valence-corrected chi connectivity index (χ0v) is 14.3. The number of aliphatic hydroxyl groups excluding tert-OH is 1. The van der Waals surface area contributed by atoms with Gasteiger partial charge in [0.25, 0.3) is 0 Å². The number of amides is 1. The lowest BCUT2D eigenvalue weighted by Crippen LogP contribution is -2.39. The molecule has 1 aliphatic rings. The zero-order valence-electron chi connectivity index (χ0n) is 12.7. The third kappa shape index (κ3) is 3.77. The number of carbonyl (C=O) groups excluding carboxylic acids is 1. The van der Waals surface area contributed by atoms with Crippen molar-refractivity contribution < 1.29 is 14.6 Å². The molecule has 0 saturated carbocycles. The lowest BCUT2D eigenvalue weighted by Gasteiger charge is -2.29. The van der Waals surface area contributed by atoms with Gasteiger partial charge in [0.2, 0.25) is 0 Å². The van der Waals surface area contributed by atoms with Crippen LogP contribution in [-0.2, 0) is 10.2 Å². The Morgan fingerprint density at radius 2 is 2.00 bits per heavy atom. The quantitative estimate of drug-likeness (QED) is 0.885. The van der Waals surface area contributed by atoms with E-state index < -0.39 is 11.0 Å². The van der Waals surface area contributed by atoms with Gasteiger partial charge in [0.15, 0.2) is 0 Å². The maximum absolute atomic E-state index is 12.2. The van der Waals surface area contributed by atoms with Gasteiger partial charge in [-0.2, -0.15) is 0 Å². The highest BCUT2D eigenvalue weighted by molar-refractivity contribution is 9.10. The largest absolute Gasteiger partial charge is 0.444 e. The Balaban J connectivity index is 2.14. The molecule has 1 saturated heterocycles. The molecule has 1 unspecified atom stereocenters. The number of ether oxygens (including phenoxy) is 1. The molecule has 21 heavy (non-hydrogen) atoms. The first-order chi connectivity index (χ1) is 9.76. The van der Waals surface area contributed by atoms with Gasteiger partial charge in [-0.1, -0.05) is 28.1 Å². The van der Waals surface area contributed by atoms with E-state index in [4.69, 9.17) is 4.74 Å². The summed E-state index contributed by atoms with van der Waals surface area (Å²) in [5.41, 5.74) is 0.163. The Kier molecular flexibility index (Phi) is 4.63. The maximum Gasteiger partial charge on any atom is 0.410 e. The van der Waals surface area contributed by atoms with E-state index in [1.807, 2.05) is 45.0 Å². The standard InChI is InChI=1S/C16H22BrNO3/c1-15(2,3)21-14(20)18-9-8-16(10-18,11-19)12-4-6-13(17)7-5-12/h4-7,19H,8-11H2,1-3H3. The molecule has 1 N–H and O–H groups in total. The van der Waals surface area contributed by atoms with Crippen molar-refractivity contribution in [2.75, 3.05) is 19.7 Å². The van der Waals surface area contributed by atoms with Crippen LogP contribution in [0.1, 0.15) is 32.8 Å². The molecule has 4 nitrogen and oxygen atoms in total. The fraction of sp³-hybridized carbons (Fsp3) is 0.562. The minimum Gasteiger partial charge on any atom is -0.444 e. The Bertz CT molecular complexity index is 509. The summed E-state index contributed by atoms with van der Waals surface area (Å²) in [5, 5.41) is 9.88. The van der Waals surface area contributed by atoms with E-state index in [-0.39, 0.29) is 12.7 Å². The van der Waals surface area contributed by atoms with Crippen molar-refractivity contribution in [2.45, 2.75) is 38.2 Å². The molecule has 5 heteroatoms. The topological polar surface area (TPSA) is 49.8 Å². The van der Waals surface area contributed by atoms with Crippen molar-refractivity contribution in [3.05, 3.63) is 34.3 Å². The Labute approximate surface area is 134 Å². The number of hydrogen-bond acceptors (Lipinski definition) is 3. The van der Waals surface area contributed by atoms with Gasteiger partial charge in [0, 0.05) is 23.0 Å². The second-order valence-corrected chi connectivity index (χ2v) is 7.51. The van der Waals surface area contributed by atoms with Crippen LogP contribution in [0, 0.1) is 0 Å². The molecular weight excluding hydrogens is 334 g/mol. The average Bonchev–Trinajstić information content (AvgIpc) is 2.83. The fourth-order valence-corrected chi connectivity index (χ4v) is 2.88. The van der Waals surface area contributed by atoms with Crippen LogP contribution >= 0.6 is 15.9 Å². The number of nitrogens with zero attached hydrogens (tertiary/aromatic N) is 1. The first-order valence-corrected chi connectivity index (χ1v) is 7.90. The van der Waals surface area contributed by atoms with Crippen LogP contribution in [0.2, 0.25) is 0 Å². The predicted molar refractivity (Wildman–Crippen MR) is 85.3 cm³/mol. The molecule has 1 aromatic rings. The highest BCUT2D eigenvalue weighted by atomic mass is 79.9. The van der Waals surface area contributed by atoms with Crippen molar-refractivity contribution in [1.29, 1.82) is 0 Å². The van der Waals surface area contributed by atoms with E-state index in [0.717, 1.165) is 16.5 Å². The monoisotopic (exact) mass is 355 g/mol. The van der Waals surface area contributed by atoms with Crippen molar-refractivity contribution in [3.8, 4) is 0 Å². The summed E-state index contributed by atoms with van der Waals surface area (Å²) >= 11 is 3.41. The van der Waals surface area contributed by atoms with Crippen molar-refractivity contribution in [1.82, 2.24) is 4.90 Å². The molecule has 1 heterocycles. The number of aliphatic hydroxyl groups is 1. The van der Waals surface area contributed by atoms with Crippen LogP contribution in [0.15, 0.2) is 28.7 Å². The molecule has 0 aliphatic carbocycles. The van der Waals surface area contributed by atoms with Crippen LogP contribution in [0.4, 0.5) is 4.79 Å². The molecule has 0 spiro atoms. The van der Waals surface area contributed by atoms with Crippen LogP contribution in [0.3, 0.4) is 0 Å². The summed E-state index contributed by atoms with van der Waals surface area (Å²) in [5.74, 6) is 0. The number of carbonyl (C=O) groups is 1. The molecule has 0 aromatic heterocycles. The Morgan fingerprint density at radius 3 is 2.52 bits per heavy atom. The van der Waals surface area contributed by atoms with E-state index in [2.05, 4.69) is 15.9 Å². The average molecular weight is 356 g/mol. The molecule has 2 rings (SSSR count). The minimum atomic E-state index is -0.501. The minimum absolute atomic E-state index is 0.0218. The summed E-state index contributed by atoms with van der Waals surface area (Å²) in [6.45, 7) is 6.68. The molecule has 116 valence electrons. The molecule has 0 radical (unpaired) electrons. The van der Waals surface area contributed by atoms with E-state index in [1.165, 1.54) is 0 Å². The molecule has 1 fully saturated rings. The second-order valence-electron chi connectivity index (χ2n) is 6.60. The first kappa shape index (κ1) is 16.3. The first-order valence-electron chi connectivity index (χ1n) is 7.11. The highest BCUT2D eigenvalue weighted by Gasteiger charge is 2.42. The van der Waals surface area contributed by atoms with Crippen LogP contribution in [0.5, 0.6) is 0 Å². The third-order valence-corrected chi connectivity index (χ3v) is 4.29. The summed E-state index contributed by atoms with van der Waals surface area (Å²) in [4.78, 5) is 13.8. The van der Waals surface area contributed by atoms with Gasteiger partial charge < -0.3 is 14.7 Å². The van der Waals surface area contributed by atoms with E-state index in [1.54, 1.807) is 4.90 Å². The number of hydrogen-bond donors (Lipinski definition) is 1. The van der Waals surface area contributed by atoms with Crippen LogP contribution in [-0.4, -0.2) is 41.4 Å². The van der Waals surface area contributed by atoms with Crippen LogP contribution < -0.4 is 0 Å². The van der Waals surface area contributed by atoms with Gasteiger partial charge in [-0.3, -0.25) is 0 Å². The number of likely N-dealkylation sites (tertiary alicyclic amines) is 1. The zero-order chi connectivity index (χ0) is 15.7. The lowest BCUT2D eigenvalue weighted by atomic mass is 9.80. The van der Waals surface area contributed by atoms with Gasteiger partial charge >= 0.3 is 6.09 Å². The number of rotatable bonds is 2. The van der Waals surface area contributed by atoms with Gasteiger partial charge in [0.05, 0.1) is 6.61 Å². The third-order valence-electron chi connectivity index (χ3n) is 3.76. The summed E-state index contributed by atoms with van der Waals surface area (Å²) in [7, 11) is 0. The van der Waals surface area contributed by atoms with E-state index >= 15 is 0 Å². The predicted octanol–water partition coefficient (Wildman–Crippen LogP) is 3.32. The maximum atomic E-state index is 12.2. The number of benzene rings is 1. The smallest absolute Gasteiger partial charge is 0.410 e. The van der Waals surface area contributed by atoms with Crippen LogP contribution in [0.25, 0.3) is 0 Å². The molecule has 1 aromatic carbocycles. The summed E-state index contributed by atoms with van der Waals surface area (Å²) in [6, 6.07) is 7.92. The van der Waals surface area contributed by atoms with Gasteiger partial charge in [-0.05, 0) is 44.9 Å². The Morgan fingerprint density at radius 1 is 1.38 bits per heavy atom. The molecule has 0 bridgehead atoms.